The maximum absolute atomic E-state index is 13.2. The molecule has 0 heterocycles. The van der Waals surface area contributed by atoms with Gasteiger partial charge in [-0.1, -0.05) is 74.0 Å². The SMILES string of the molecule is CC[C@@H](C)NC(=O)[C@@H](CC)N(CCc1ccccc1)C(=O)Cc1ccccc1Cl. The van der Waals surface area contributed by atoms with Crippen LogP contribution in [0.2, 0.25) is 5.02 Å². The van der Waals surface area contributed by atoms with Crippen molar-refractivity contribution in [2.45, 2.75) is 58.5 Å². The molecule has 0 aromatic heterocycles. The number of carbonyl (C=O) groups excluding carboxylic acids is 2. The molecule has 156 valence electrons. The summed E-state index contributed by atoms with van der Waals surface area (Å²) in [4.78, 5) is 27.8. The first-order valence-corrected chi connectivity index (χ1v) is 10.7. The van der Waals surface area contributed by atoms with E-state index in [1.807, 2.05) is 69.3 Å². The molecule has 0 aliphatic rings. The maximum Gasteiger partial charge on any atom is 0.243 e. The molecule has 2 rings (SSSR count). The fourth-order valence-electron chi connectivity index (χ4n) is 3.24. The fraction of sp³-hybridized carbons (Fsp3) is 0.417. The molecule has 0 bridgehead atoms. The van der Waals surface area contributed by atoms with Crippen LogP contribution >= 0.6 is 11.6 Å². The lowest BCUT2D eigenvalue weighted by molar-refractivity contribution is -0.140. The Hall–Kier alpha value is -2.33. The Morgan fingerprint density at radius 1 is 1.00 bits per heavy atom. The van der Waals surface area contributed by atoms with Gasteiger partial charge >= 0.3 is 0 Å². The molecule has 0 spiro atoms. The van der Waals surface area contributed by atoms with Gasteiger partial charge in [0, 0.05) is 17.6 Å². The minimum Gasteiger partial charge on any atom is -0.352 e. The van der Waals surface area contributed by atoms with E-state index in [9.17, 15) is 9.59 Å². The average molecular weight is 415 g/mol. The lowest BCUT2D eigenvalue weighted by Crippen LogP contribution is -2.52. The van der Waals surface area contributed by atoms with E-state index in [1.54, 1.807) is 11.0 Å². The van der Waals surface area contributed by atoms with E-state index in [0.29, 0.717) is 24.4 Å². The third-order valence-electron chi connectivity index (χ3n) is 5.17. The van der Waals surface area contributed by atoms with E-state index in [2.05, 4.69) is 5.32 Å². The van der Waals surface area contributed by atoms with E-state index in [-0.39, 0.29) is 24.3 Å². The van der Waals surface area contributed by atoms with E-state index in [4.69, 9.17) is 11.6 Å². The molecule has 2 aromatic rings. The molecule has 0 aliphatic carbocycles. The molecule has 4 nitrogen and oxygen atoms in total. The maximum atomic E-state index is 13.2. The predicted molar refractivity (Wildman–Crippen MR) is 119 cm³/mol. The Kier molecular flexibility index (Phi) is 9.20. The van der Waals surface area contributed by atoms with Gasteiger partial charge in [0.1, 0.15) is 6.04 Å². The lowest BCUT2D eigenvalue weighted by Gasteiger charge is -2.31. The molecule has 0 saturated carbocycles. The number of rotatable bonds is 10. The predicted octanol–water partition coefficient (Wildman–Crippen LogP) is 4.65. The molecule has 2 atom stereocenters. The molecule has 5 heteroatoms. The summed E-state index contributed by atoms with van der Waals surface area (Å²) in [7, 11) is 0. The molecule has 2 aromatic carbocycles. The highest BCUT2D eigenvalue weighted by Gasteiger charge is 2.29. The Labute approximate surface area is 179 Å². The van der Waals surface area contributed by atoms with Gasteiger partial charge in [-0.05, 0) is 43.4 Å². The molecule has 0 saturated heterocycles. The quantitative estimate of drug-likeness (QED) is 0.615. The topological polar surface area (TPSA) is 49.4 Å². The second kappa shape index (κ2) is 11.6. The minimum absolute atomic E-state index is 0.0752. The Balaban J connectivity index is 2.21. The summed E-state index contributed by atoms with van der Waals surface area (Å²) < 4.78 is 0. The van der Waals surface area contributed by atoms with Crippen LogP contribution in [0.1, 0.15) is 44.7 Å². The van der Waals surface area contributed by atoms with E-state index < -0.39 is 6.04 Å². The van der Waals surface area contributed by atoms with Crippen LogP contribution in [-0.2, 0) is 22.4 Å². The third kappa shape index (κ3) is 6.90. The molecule has 2 amide bonds. The van der Waals surface area contributed by atoms with Crippen molar-refractivity contribution >= 4 is 23.4 Å². The van der Waals surface area contributed by atoms with Crippen molar-refractivity contribution in [3.8, 4) is 0 Å². The van der Waals surface area contributed by atoms with Crippen molar-refractivity contribution < 1.29 is 9.59 Å². The van der Waals surface area contributed by atoms with Crippen molar-refractivity contribution in [3.63, 3.8) is 0 Å². The van der Waals surface area contributed by atoms with E-state index in [0.717, 1.165) is 17.5 Å². The largest absolute Gasteiger partial charge is 0.352 e. The Morgan fingerprint density at radius 3 is 2.28 bits per heavy atom. The standard InChI is InChI=1S/C24H31ClN2O2/c1-4-18(3)26-24(29)22(5-2)27(16-15-19-11-7-6-8-12-19)23(28)17-20-13-9-10-14-21(20)25/h6-14,18,22H,4-5,15-17H2,1-3H3,(H,26,29)/t18-,22-/m1/s1. The van der Waals surface area contributed by atoms with Crippen LogP contribution in [0.3, 0.4) is 0 Å². The minimum atomic E-state index is -0.498. The molecule has 0 radical (unpaired) electrons. The zero-order valence-corrected chi connectivity index (χ0v) is 18.3. The van der Waals surface area contributed by atoms with Crippen molar-refractivity contribution in [2.24, 2.45) is 0 Å². The summed E-state index contributed by atoms with van der Waals surface area (Å²) >= 11 is 6.26. The number of nitrogens with zero attached hydrogens (tertiary/aromatic N) is 1. The van der Waals surface area contributed by atoms with Gasteiger partial charge in [-0.15, -0.1) is 0 Å². The van der Waals surface area contributed by atoms with Crippen LogP contribution in [0.25, 0.3) is 0 Å². The van der Waals surface area contributed by atoms with E-state index in [1.165, 1.54) is 0 Å². The van der Waals surface area contributed by atoms with Gasteiger partial charge in [0.15, 0.2) is 0 Å². The van der Waals surface area contributed by atoms with Crippen molar-refractivity contribution in [3.05, 3.63) is 70.7 Å². The van der Waals surface area contributed by atoms with Crippen LogP contribution in [0.4, 0.5) is 0 Å². The van der Waals surface area contributed by atoms with Gasteiger partial charge in [0.25, 0.3) is 0 Å². The van der Waals surface area contributed by atoms with E-state index >= 15 is 0 Å². The Morgan fingerprint density at radius 2 is 1.66 bits per heavy atom. The smallest absolute Gasteiger partial charge is 0.243 e. The normalized spacial score (nSPS) is 12.8. The first-order valence-electron chi connectivity index (χ1n) is 10.3. The molecular formula is C24H31ClN2O2. The summed E-state index contributed by atoms with van der Waals surface area (Å²) in [6.45, 7) is 6.44. The highest BCUT2D eigenvalue weighted by molar-refractivity contribution is 6.31. The number of hydrogen-bond donors (Lipinski definition) is 1. The third-order valence-corrected chi connectivity index (χ3v) is 5.54. The number of hydrogen-bond acceptors (Lipinski definition) is 2. The molecule has 29 heavy (non-hydrogen) atoms. The van der Waals surface area contributed by atoms with Crippen molar-refractivity contribution in [1.82, 2.24) is 10.2 Å². The van der Waals surface area contributed by atoms with Crippen LogP contribution < -0.4 is 5.32 Å². The van der Waals surface area contributed by atoms with Crippen LogP contribution in [0.5, 0.6) is 0 Å². The van der Waals surface area contributed by atoms with Crippen molar-refractivity contribution in [1.29, 1.82) is 0 Å². The molecule has 1 N–H and O–H groups in total. The molecule has 0 aliphatic heterocycles. The number of carbonyl (C=O) groups is 2. The lowest BCUT2D eigenvalue weighted by atomic mass is 10.1. The summed E-state index contributed by atoms with van der Waals surface area (Å²) in [5, 5.41) is 3.60. The monoisotopic (exact) mass is 414 g/mol. The van der Waals surface area contributed by atoms with Crippen LogP contribution in [0.15, 0.2) is 54.6 Å². The molecule has 0 fully saturated rings. The van der Waals surface area contributed by atoms with Gasteiger partial charge in [-0.25, -0.2) is 0 Å². The summed E-state index contributed by atoms with van der Waals surface area (Å²) in [5.41, 5.74) is 1.92. The zero-order chi connectivity index (χ0) is 21.2. The number of halogens is 1. The van der Waals surface area contributed by atoms with Gasteiger partial charge in [-0.2, -0.15) is 0 Å². The summed E-state index contributed by atoms with van der Waals surface area (Å²) in [6, 6.07) is 16.9. The Bertz CT molecular complexity index is 794. The first-order chi connectivity index (χ1) is 14.0. The number of nitrogens with one attached hydrogen (secondary N) is 1. The average Bonchev–Trinajstić information content (AvgIpc) is 2.73. The second-order valence-electron chi connectivity index (χ2n) is 7.33. The van der Waals surface area contributed by atoms with Crippen LogP contribution in [0, 0.1) is 0 Å². The highest BCUT2D eigenvalue weighted by atomic mass is 35.5. The number of amides is 2. The van der Waals surface area contributed by atoms with Crippen molar-refractivity contribution in [2.75, 3.05) is 6.54 Å². The summed E-state index contributed by atoms with van der Waals surface area (Å²) in [6.07, 6.45) is 2.29. The zero-order valence-electron chi connectivity index (χ0n) is 17.5. The van der Waals surface area contributed by atoms with Gasteiger partial charge < -0.3 is 10.2 Å². The second-order valence-corrected chi connectivity index (χ2v) is 7.74. The summed E-state index contributed by atoms with van der Waals surface area (Å²) in [5.74, 6) is -0.178. The van der Waals surface area contributed by atoms with Gasteiger partial charge in [0.05, 0.1) is 6.42 Å². The first kappa shape index (κ1) is 23.0. The van der Waals surface area contributed by atoms with Gasteiger partial charge in [-0.3, -0.25) is 9.59 Å². The van der Waals surface area contributed by atoms with Gasteiger partial charge in [0.2, 0.25) is 11.8 Å². The highest BCUT2D eigenvalue weighted by Crippen LogP contribution is 2.18. The molecular weight excluding hydrogens is 384 g/mol. The molecule has 0 unspecified atom stereocenters. The van der Waals surface area contributed by atoms with Crippen LogP contribution in [-0.4, -0.2) is 35.3 Å². The number of benzene rings is 2. The fourth-order valence-corrected chi connectivity index (χ4v) is 3.45.